The molecule has 0 unspecified atom stereocenters. The van der Waals surface area contributed by atoms with E-state index in [1.54, 1.807) is 36.4 Å². The van der Waals surface area contributed by atoms with Gasteiger partial charge in [-0.05, 0) is 18.2 Å². The molecule has 0 spiro atoms. The highest BCUT2D eigenvalue weighted by Gasteiger charge is 2.16. The van der Waals surface area contributed by atoms with E-state index in [0.29, 0.717) is 22.5 Å². The van der Waals surface area contributed by atoms with E-state index in [1.807, 2.05) is 18.2 Å². The smallest absolute Gasteiger partial charge is 0.278 e. The van der Waals surface area contributed by atoms with Gasteiger partial charge in [-0.25, -0.2) is 9.97 Å². The van der Waals surface area contributed by atoms with E-state index in [4.69, 9.17) is 5.73 Å². The first-order chi connectivity index (χ1) is 11.7. The van der Waals surface area contributed by atoms with Crippen molar-refractivity contribution in [3.05, 3.63) is 72.1 Å². The topological polar surface area (TPSA) is 105 Å². The van der Waals surface area contributed by atoms with Gasteiger partial charge >= 0.3 is 0 Å². The van der Waals surface area contributed by atoms with Crippen molar-refractivity contribution in [1.29, 1.82) is 5.26 Å². The molecule has 1 amide bonds. The van der Waals surface area contributed by atoms with Crippen LogP contribution >= 0.6 is 0 Å². The Balaban J connectivity index is 1.98. The van der Waals surface area contributed by atoms with Gasteiger partial charge in [0.25, 0.3) is 5.91 Å². The Morgan fingerprint density at radius 1 is 1.08 bits per heavy atom. The maximum atomic E-state index is 12.4. The molecule has 1 aromatic heterocycles. The number of nitrogens with two attached hydrogens (primary N) is 1. The third-order valence-corrected chi connectivity index (χ3v) is 3.37. The maximum absolute atomic E-state index is 12.4. The highest BCUT2D eigenvalue weighted by Crippen LogP contribution is 2.22. The van der Waals surface area contributed by atoms with Gasteiger partial charge < -0.3 is 11.1 Å². The number of nitrogen functional groups attached to an aromatic ring is 1. The van der Waals surface area contributed by atoms with Crippen LogP contribution in [0.25, 0.3) is 11.3 Å². The predicted octanol–water partition coefficient (Wildman–Crippen LogP) is 2.85. The molecular weight excluding hydrogens is 302 g/mol. The lowest BCUT2D eigenvalue weighted by molar-refractivity contribution is 0.102. The van der Waals surface area contributed by atoms with E-state index in [0.717, 1.165) is 0 Å². The Kier molecular flexibility index (Phi) is 4.17. The molecule has 24 heavy (non-hydrogen) atoms. The summed E-state index contributed by atoms with van der Waals surface area (Å²) in [6, 6.07) is 18.1. The van der Waals surface area contributed by atoms with Crippen molar-refractivity contribution in [3.63, 3.8) is 0 Å². The number of hydrogen-bond donors (Lipinski definition) is 2. The molecule has 0 aliphatic carbocycles. The zero-order valence-electron chi connectivity index (χ0n) is 12.6. The number of rotatable bonds is 3. The second-order valence-electron chi connectivity index (χ2n) is 4.97. The van der Waals surface area contributed by atoms with E-state index >= 15 is 0 Å². The number of hydrogen-bond acceptors (Lipinski definition) is 5. The fourth-order valence-corrected chi connectivity index (χ4v) is 2.21. The highest BCUT2D eigenvalue weighted by molar-refractivity contribution is 6.06. The zero-order valence-corrected chi connectivity index (χ0v) is 12.6. The average Bonchev–Trinajstić information content (AvgIpc) is 2.63. The number of para-hydroxylation sites is 1. The van der Waals surface area contributed by atoms with Gasteiger partial charge in [0, 0.05) is 11.3 Å². The molecule has 0 bridgehead atoms. The predicted molar refractivity (Wildman–Crippen MR) is 91.0 cm³/mol. The molecule has 0 saturated carbocycles. The summed E-state index contributed by atoms with van der Waals surface area (Å²) < 4.78 is 0. The first kappa shape index (κ1) is 15.2. The van der Waals surface area contributed by atoms with Crippen LogP contribution in [-0.4, -0.2) is 15.9 Å². The van der Waals surface area contributed by atoms with Crippen LogP contribution in [0.3, 0.4) is 0 Å². The van der Waals surface area contributed by atoms with Gasteiger partial charge in [-0.2, -0.15) is 5.26 Å². The number of carbonyl (C=O) groups is 1. The van der Waals surface area contributed by atoms with Crippen LogP contribution in [0.15, 0.2) is 60.8 Å². The van der Waals surface area contributed by atoms with Gasteiger partial charge in [0.05, 0.1) is 23.5 Å². The fourth-order valence-electron chi connectivity index (χ4n) is 2.21. The number of nitrogens with one attached hydrogen (secondary N) is 1. The number of nitrogens with zero attached hydrogens (tertiary/aromatic N) is 3. The van der Waals surface area contributed by atoms with Crippen LogP contribution in [-0.2, 0) is 0 Å². The van der Waals surface area contributed by atoms with Crippen LogP contribution in [0.2, 0.25) is 0 Å². The number of amides is 1. The van der Waals surface area contributed by atoms with E-state index in [2.05, 4.69) is 21.4 Å². The molecule has 6 nitrogen and oxygen atoms in total. The quantitative estimate of drug-likeness (QED) is 0.773. The van der Waals surface area contributed by atoms with Gasteiger partial charge in [-0.1, -0.05) is 36.4 Å². The highest BCUT2D eigenvalue weighted by atomic mass is 16.1. The molecule has 116 valence electrons. The van der Waals surface area contributed by atoms with E-state index in [1.165, 1.54) is 6.20 Å². The van der Waals surface area contributed by atoms with Crippen LogP contribution in [0.4, 0.5) is 11.5 Å². The monoisotopic (exact) mass is 315 g/mol. The summed E-state index contributed by atoms with van der Waals surface area (Å²) in [6.07, 6.45) is 1.45. The number of benzene rings is 2. The average molecular weight is 315 g/mol. The minimum Gasteiger partial charge on any atom is -0.382 e. The molecule has 3 N–H and O–H groups in total. The standard InChI is InChI=1S/C18H13N5O/c19-10-12-6-4-5-9-14(12)15-11-21-17(20)16(23-15)18(24)22-13-7-2-1-3-8-13/h1-9,11H,(H2,20,21)(H,22,24). The maximum Gasteiger partial charge on any atom is 0.278 e. The Labute approximate surface area is 138 Å². The summed E-state index contributed by atoms with van der Waals surface area (Å²) in [5.74, 6) is -0.427. The SMILES string of the molecule is N#Cc1ccccc1-c1cnc(N)c(C(=O)Nc2ccccc2)n1. The van der Waals surface area contributed by atoms with Crippen LogP contribution in [0.1, 0.15) is 16.1 Å². The minimum absolute atomic E-state index is 0.0177. The summed E-state index contributed by atoms with van der Waals surface area (Å²) in [6.45, 7) is 0. The Morgan fingerprint density at radius 2 is 1.79 bits per heavy atom. The summed E-state index contributed by atoms with van der Waals surface area (Å²) in [4.78, 5) is 20.7. The van der Waals surface area contributed by atoms with Crippen molar-refractivity contribution in [2.75, 3.05) is 11.1 Å². The summed E-state index contributed by atoms with van der Waals surface area (Å²) >= 11 is 0. The van der Waals surface area contributed by atoms with E-state index in [-0.39, 0.29) is 11.5 Å². The minimum atomic E-state index is -0.456. The first-order valence-corrected chi connectivity index (χ1v) is 7.17. The molecule has 0 fully saturated rings. The van der Waals surface area contributed by atoms with Crippen molar-refractivity contribution in [3.8, 4) is 17.3 Å². The van der Waals surface area contributed by atoms with Crippen molar-refractivity contribution in [2.24, 2.45) is 0 Å². The molecule has 3 aromatic rings. The summed E-state index contributed by atoms with van der Waals surface area (Å²) in [7, 11) is 0. The number of carbonyl (C=O) groups excluding carboxylic acids is 1. The second-order valence-corrected chi connectivity index (χ2v) is 4.97. The van der Waals surface area contributed by atoms with Crippen LogP contribution in [0.5, 0.6) is 0 Å². The molecule has 6 heteroatoms. The molecule has 1 heterocycles. The third kappa shape index (κ3) is 3.05. The van der Waals surface area contributed by atoms with E-state index < -0.39 is 5.91 Å². The fraction of sp³-hybridized carbons (Fsp3) is 0. The Hall–Kier alpha value is -3.72. The largest absolute Gasteiger partial charge is 0.382 e. The van der Waals surface area contributed by atoms with Gasteiger partial charge in [-0.15, -0.1) is 0 Å². The molecule has 0 atom stereocenters. The first-order valence-electron chi connectivity index (χ1n) is 7.17. The molecule has 0 saturated heterocycles. The van der Waals surface area contributed by atoms with Crippen LogP contribution < -0.4 is 11.1 Å². The zero-order chi connectivity index (χ0) is 16.9. The molecule has 0 aliphatic rings. The van der Waals surface area contributed by atoms with Crippen molar-refractivity contribution < 1.29 is 4.79 Å². The lowest BCUT2D eigenvalue weighted by Gasteiger charge is -2.09. The number of nitriles is 1. The number of aromatic nitrogens is 2. The summed E-state index contributed by atoms with van der Waals surface area (Å²) in [5.41, 5.74) is 7.91. The van der Waals surface area contributed by atoms with Crippen molar-refractivity contribution in [2.45, 2.75) is 0 Å². The lowest BCUT2D eigenvalue weighted by Crippen LogP contribution is -2.17. The molecule has 0 radical (unpaired) electrons. The Bertz CT molecular complexity index is 932. The second kappa shape index (κ2) is 6.58. The van der Waals surface area contributed by atoms with Crippen molar-refractivity contribution in [1.82, 2.24) is 9.97 Å². The van der Waals surface area contributed by atoms with Gasteiger partial charge in [0.2, 0.25) is 0 Å². The third-order valence-electron chi connectivity index (χ3n) is 3.37. The van der Waals surface area contributed by atoms with Gasteiger partial charge in [0.1, 0.15) is 0 Å². The summed E-state index contributed by atoms with van der Waals surface area (Å²) in [5, 5.41) is 11.9. The van der Waals surface area contributed by atoms with Gasteiger partial charge in [-0.3, -0.25) is 4.79 Å². The molecule has 2 aromatic carbocycles. The number of anilines is 2. The molecule has 3 rings (SSSR count). The molecule has 0 aliphatic heterocycles. The van der Waals surface area contributed by atoms with Crippen LogP contribution in [0, 0.1) is 11.3 Å². The normalized spacial score (nSPS) is 9.96. The Morgan fingerprint density at radius 3 is 2.54 bits per heavy atom. The van der Waals surface area contributed by atoms with E-state index in [9.17, 15) is 10.1 Å². The lowest BCUT2D eigenvalue weighted by atomic mass is 10.1. The molecular formula is C18H13N5O. The van der Waals surface area contributed by atoms with Crippen molar-refractivity contribution >= 4 is 17.4 Å². The van der Waals surface area contributed by atoms with Gasteiger partial charge in [0.15, 0.2) is 11.5 Å².